The number of thioether (sulfide) groups is 1. The minimum atomic E-state index is -1.18. The second-order valence-corrected chi connectivity index (χ2v) is 12.3. The number of rotatable bonds is 5. The molecule has 6 atom stereocenters. The van der Waals surface area contributed by atoms with Crippen LogP contribution >= 0.6 is 33.3 Å². The first kappa shape index (κ1) is 29.9. The Hall–Kier alpha value is -1.37. The minimum Gasteiger partial charge on any atom is -0.457 e. The van der Waals surface area contributed by atoms with Crippen molar-refractivity contribution in [2.24, 2.45) is 5.92 Å². The second kappa shape index (κ2) is 15.7. The van der Waals surface area contributed by atoms with Crippen LogP contribution in [0.25, 0.3) is 0 Å². The molecular weight excluding hydrogens is 510 g/mol. The summed E-state index contributed by atoms with van der Waals surface area (Å²) in [4.78, 5) is 51.9. The molecule has 4 N–H and O–H groups in total. The Labute approximate surface area is 219 Å². The Kier molecular flexibility index (Phi) is 13.4. The van der Waals surface area contributed by atoms with E-state index in [9.17, 15) is 24.3 Å². The lowest BCUT2D eigenvalue weighted by Gasteiger charge is -2.31. The van der Waals surface area contributed by atoms with E-state index in [-0.39, 0.29) is 18.8 Å². The summed E-state index contributed by atoms with van der Waals surface area (Å²) in [5, 5.41) is 19.3. The highest BCUT2D eigenvalue weighted by atomic mass is 33.1. The van der Waals surface area contributed by atoms with E-state index in [1.165, 1.54) is 10.8 Å². The summed E-state index contributed by atoms with van der Waals surface area (Å²) in [6.07, 6.45) is 4.75. The lowest BCUT2D eigenvalue weighted by atomic mass is 9.92. The van der Waals surface area contributed by atoms with E-state index in [1.54, 1.807) is 28.6 Å². The van der Waals surface area contributed by atoms with Gasteiger partial charge in [0.15, 0.2) is 0 Å². The number of amides is 3. The highest BCUT2D eigenvalue weighted by molar-refractivity contribution is 8.76. The van der Waals surface area contributed by atoms with Crippen LogP contribution in [0.5, 0.6) is 0 Å². The van der Waals surface area contributed by atoms with Gasteiger partial charge in [0.1, 0.15) is 18.2 Å². The fraction of sp³-hybridized carbons (Fsp3) is 0.739. The van der Waals surface area contributed by atoms with Crippen LogP contribution in [0.2, 0.25) is 0 Å². The van der Waals surface area contributed by atoms with Crippen molar-refractivity contribution in [1.29, 1.82) is 0 Å². The fourth-order valence-electron chi connectivity index (χ4n) is 3.74. The van der Waals surface area contributed by atoms with Crippen molar-refractivity contribution in [3.05, 3.63) is 12.2 Å². The van der Waals surface area contributed by atoms with Gasteiger partial charge < -0.3 is 25.8 Å². The maximum atomic E-state index is 13.3. The maximum absolute atomic E-state index is 13.3. The number of nitrogens with one attached hydrogen (secondary N) is 3. The molecule has 198 valence electrons. The van der Waals surface area contributed by atoms with Gasteiger partial charge >= 0.3 is 5.97 Å². The molecule has 2 bridgehead atoms. The van der Waals surface area contributed by atoms with Crippen molar-refractivity contribution in [1.82, 2.24) is 16.0 Å². The molecule has 2 rings (SSSR count). The highest BCUT2D eigenvalue weighted by Crippen LogP contribution is 2.24. The van der Waals surface area contributed by atoms with E-state index < -0.39 is 54.0 Å². The number of carbonyl (C=O) groups excluding carboxylic acids is 4. The Balaban J connectivity index is 2.46. The van der Waals surface area contributed by atoms with Gasteiger partial charge in [-0.15, -0.1) is 0 Å². The third-order valence-corrected chi connectivity index (χ3v) is 9.05. The maximum Gasteiger partial charge on any atom is 0.309 e. The second-order valence-electron chi connectivity index (χ2n) is 8.71. The molecule has 0 aliphatic carbocycles. The minimum absolute atomic E-state index is 0.122. The number of allylic oxidation sites excluding steroid dienone is 1. The number of aliphatic hydroxyl groups is 1. The van der Waals surface area contributed by atoms with Crippen LogP contribution in [0.3, 0.4) is 0 Å². The van der Waals surface area contributed by atoms with Crippen LogP contribution < -0.4 is 16.0 Å². The third-order valence-electron chi connectivity index (χ3n) is 5.96. The van der Waals surface area contributed by atoms with Crippen LogP contribution in [-0.4, -0.2) is 82.6 Å². The van der Waals surface area contributed by atoms with E-state index in [0.29, 0.717) is 30.8 Å². The SMILES string of the molecule is CC[C@@H](C)[C@@H]1NC(=O)[C@@H]2CSSCC/C=C\[C@@H](CC(=O)N[C@@H](CCSC)C(=O)N2)OC(=O)C[C@@H]1O. The largest absolute Gasteiger partial charge is 0.457 e. The van der Waals surface area contributed by atoms with Crippen molar-refractivity contribution >= 4 is 57.0 Å². The molecule has 0 aromatic rings. The Morgan fingerprint density at radius 3 is 2.63 bits per heavy atom. The van der Waals surface area contributed by atoms with Gasteiger partial charge in [0, 0.05) is 11.5 Å². The molecule has 9 nitrogen and oxygen atoms in total. The highest BCUT2D eigenvalue weighted by Gasteiger charge is 2.34. The molecule has 2 aliphatic rings. The Bertz CT molecular complexity index is 769. The molecule has 0 aromatic heterocycles. The lowest BCUT2D eigenvalue weighted by molar-refractivity contribution is -0.151. The van der Waals surface area contributed by atoms with Crippen molar-refractivity contribution < 1.29 is 29.0 Å². The summed E-state index contributed by atoms with van der Waals surface area (Å²) in [7, 11) is 3.05. The van der Waals surface area contributed by atoms with Gasteiger partial charge in [0.05, 0.1) is 25.0 Å². The average molecular weight is 548 g/mol. The summed E-state index contributed by atoms with van der Waals surface area (Å²) in [6.45, 7) is 3.82. The number of aliphatic hydroxyl groups excluding tert-OH is 1. The van der Waals surface area contributed by atoms with Gasteiger partial charge in [0.25, 0.3) is 0 Å². The number of fused-ring (bicyclic) bond motifs is 7. The van der Waals surface area contributed by atoms with E-state index in [2.05, 4.69) is 16.0 Å². The number of esters is 1. The first-order valence-electron chi connectivity index (χ1n) is 11.9. The Morgan fingerprint density at radius 2 is 1.91 bits per heavy atom. The van der Waals surface area contributed by atoms with E-state index >= 15 is 0 Å². The number of hydrogen-bond acceptors (Lipinski definition) is 9. The molecule has 12 heteroatoms. The van der Waals surface area contributed by atoms with Crippen LogP contribution in [0.1, 0.15) is 46.0 Å². The molecular formula is C23H37N3O6S3. The van der Waals surface area contributed by atoms with Gasteiger partial charge in [-0.2, -0.15) is 11.8 Å². The van der Waals surface area contributed by atoms with Gasteiger partial charge in [-0.25, -0.2) is 0 Å². The zero-order valence-corrected chi connectivity index (χ0v) is 22.9. The predicted octanol–water partition coefficient (Wildman–Crippen LogP) is 1.65. The molecule has 2 heterocycles. The number of hydrogen-bond donors (Lipinski definition) is 4. The van der Waals surface area contributed by atoms with Gasteiger partial charge in [0.2, 0.25) is 17.7 Å². The van der Waals surface area contributed by atoms with Gasteiger partial charge in [-0.05, 0) is 36.8 Å². The summed E-state index contributed by atoms with van der Waals surface area (Å²) in [5.41, 5.74) is 0. The molecule has 35 heavy (non-hydrogen) atoms. The number of ether oxygens (including phenoxy) is 1. The quantitative estimate of drug-likeness (QED) is 0.230. The van der Waals surface area contributed by atoms with Crippen molar-refractivity contribution in [2.45, 2.75) is 76.3 Å². The summed E-state index contributed by atoms with van der Waals surface area (Å²) < 4.78 is 5.54. The zero-order chi connectivity index (χ0) is 25.8. The first-order chi connectivity index (χ1) is 16.7. The normalized spacial score (nSPS) is 31.5. The molecule has 0 saturated carbocycles. The van der Waals surface area contributed by atoms with Crippen LogP contribution in [-0.2, 0) is 23.9 Å². The standard InChI is InChI=1S/C23H37N3O6S3/c1-4-14(2)21-18(27)12-20(29)32-15-7-5-6-9-34-35-13-17(23(31)26-21)25-22(30)16(8-10-33-3)24-19(28)11-15/h5,7,14-18,21,27H,4,6,8-13H2,1-3H3,(H,24,28)(H,25,30)(H,26,31)/b7-5-/t14-,15+,16+,17+,18+,21+/m1/s1. The molecule has 1 saturated heterocycles. The van der Waals surface area contributed by atoms with Crippen molar-refractivity contribution in [3.8, 4) is 0 Å². The fourth-order valence-corrected chi connectivity index (χ4v) is 6.36. The van der Waals surface area contributed by atoms with E-state index in [1.807, 2.05) is 26.2 Å². The Morgan fingerprint density at radius 1 is 1.14 bits per heavy atom. The topological polar surface area (TPSA) is 134 Å². The predicted molar refractivity (Wildman–Crippen MR) is 142 cm³/mol. The molecule has 0 unspecified atom stereocenters. The smallest absolute Gasteiger partial charge is 0.309 e. The van der Waals surface area contributed by atoms with Gasteiger partial charge in [-0.1, -0.05) is 47.9 Å². The van der Waals surface area contributed by atoms with E-state index in [0.717, 1.165) is 5.75 Å². The molecule has 1 fully saturated rings. The summed E-state index contributed by atoms with van der Waals surface area (Å²) in [5.74, 6) is -0.362. The number of carbonyl (C=O) groups is 4. The molecule has 0 radical (unpaired) electrons. The van der Waals surface area contributed by atoms with Crippen LogP contribution in [0, 0.1) is 5.92 Å². The lowest BCUT2D eigenvalue weighted by Crippen LogP contribution is -2.58. The summed E-state index contributed by atoms with van der Waals surface area (Å²) in [6, 6.07) is -2.39. The molecule has 2 aliphatic heterocycles. The van der Waals surface area contributed by atoms with E-state index in [4.69, 9.17) is 4.74 Å². The molecule has 0 aromatic carbocycles. The monoisotopic (exact) mass is 547 g/mol. The van der Waals surface area contributed by atoms with Crippen LogP contribution in [0.4, 0.5) is 0 Å². The first-order valence-corrected chi connectivity index (χ1v) is 15.8. The average Bonchev–Trinajstić information content (AvgIpc) is 2.81. The summed E-state index contributed by atoms with van der Waals surface area (Å²) >= 11 is 1.55. The van der Waals surface area contributed by atoms with Crippen LogP contribution in [0.15, 0.2) is 12.2 Å². The van der Waals surface area contributed by atoms with Crippen molar-refractivity contribution in [3.63, 3.8) is 0 Å². The molecule has 0 spiro atoms. The van der Waals surface area contributed by atoms with Crippen molar-refractivity contribution in [2.75, 3.05) is 23.5 Å². The molecule has 3 amide bonds. The van der Waals surface area contributed by atoms with Gasteiger partial charge in [-0.3, -0.25) is 19.2 Å². The zero-order valence-electron chi connectivity index (χ0n) is 20.5. The third kappa shape index (κ3) is 10.3.